The Hall–Kier alpha value is -2.43. The molecule has 136 valence electrons. The van der Waals surface area contributed by atoms with Gasteiger partial charge in [0, 0.05) is 29.6 Å². The molecule has 2 fully saturated rings. The first-order valence-electron chi connectivity index (χ1n) is 9.39. The van der Waals surface area contributed by atoms with Crippen molar-refractivity contribution in [1.29, 1.82) is 0 Å². The minimum atomic E-state index is -0.863. The second-order valence-electron chi connectivity index (χ2n) is 7.82. The molecule has 2 saturated carbocycles. The van der Waals surface area contributed by atoms with Crippen molar-refractivity contribution in [2.24, 2.45) is 5.92 Å². The summed E-state index contributed by atoms with van der Waals surface area (Å²) in [6.45, 7) is 3.93. The van der Waals surface area contributed by atoms with Gasteiger partial charge in [-0.2, -0.15) is 0 Å². The van der Waals surface area contributed by atoms with Crippen LogP contribution in [-0.2, 0) is 4.79 Å². The molecule has 1 aromatic carbocycles. The fraction of sp³-hybridized carbons (Fsp3) is 0.476. The quantitative estimate of drug-likeness (QED) is 0.859. The standard InChI is InChI=1S/C21H24N2O3/c1-12-3-8-18-16(9-12)17(10-19(22-18)14-4-5-14)20(24)23(15-6-7-15)11-13(2)21(25)26/h3,8-10,13-15H,4-7,11H2,1-2H3,(H,25,26). The molecular weight excluding hydrogens is 328 g/mol. The molecule has 1 amide bonds. The van der Waals surface area contributed by atoms with Crippen LogP contribution in [0.1, 0.15) is 60.1 Å². The lowest BCUT2D eigenvalue weighted by Crippen LogP contribution is -2.38. The van der Waals surface area contributed by atoms with Crippen LogP contribution in [0.25, 0.3) is 10.9 Å². The number of aryl methyl sites for hydroxylation is 1. The molecule has 26 heavy (non-hydrogen) atoms. The molecular formula is C21H24N2O3. The number of aliphatic carboxylic acids is 1. The molecule has 1 unspecified atom stereocenters. The molecule has 1 aromatic heterocycles. The minimum absolute atomic E-state index is 0.0551. The lowest BCUT2D eigenvalue weighted by Gasteiger charge is -2.25. The largest absolute Gasteiger partial charge is 0.481 e. The zero-order valence-corrected chi connectivity index (χ0v) is 15.2. The van der Waals surface area contributed by atoms with Crippen LogP contribution in [-0.4, -0.2) is 39.5 Å². The maximum Gasteiger partial charge on any atom is 0.308 e. The Morgan fingerprint density at radius 1 is 1.23 bits per heavy atom. The lowest BCUT2D eigenvalue weighted by molar-refractivity contribution is -0.141. The Morgan fingerprint density at radius 2 is 1.96 bits per heavy atom. The molecule has 0 saturated heterocycles. The van der Waals surface area contributed by atoms with Gasteiger partial charge in [-0.1, -0.05) is 18.6 Å². The van der Waals surface area contributed by atoms with Crippen LogP contribution in [0.2, 0.25) is 0 Å². The molecule has 5 nitrogen and oxygen atoms in total. The SMILES string of the molecule is Cc1ccc2nc(C3CC3)cc(C(=O)N(CC(C)C(=O)O)C3CC3)c2c1. The van der Waals surface area contributed by atoms with Crippen LogP contribution >= 0.6 is 0 Å². The first kappa shape index (κ1) is 17.0. The Bertz CT molecular complexity index is 884. The summed E-state index contributed by atoms with van der Waals surface area (Å²) in [6.07, 6.45) is 4.16. The first-order chi connectivity index (χ1) is 12.4. The number of carboxylic acids is 1. The van der Waals surface area contributed by atoms with Crippen LogP contribution in [0.3, 0.4) is 0 Å². The molecule has 5 heteroatoms. The van der Waals surface area contributed by atoms with Gasteiger partial charge in [0.2, 0.25) is 0 Å². The van der Waals surface area contributed by atoms with Gasteiger partial charge in [0.25, 0.3) is 5.91 Å². The van der Waals surface area contributed by atoms with Gasteiger partial charge in [-0.15, -0.1) is 0 Å². The summed E-state index contributed by atoms with van der Waals surface area (Å²) in [7, 11) is 0. The highest BCUT2D eigenvalue weighted by Gasteiger charge is 2.36. The Kier molecular flexibility index (Phi) is 4.17. The summed E-state index contributed by atoms with van der Waals surface area (Å²) in [4.78, 5) is 31.2. The van der Waals surface area contributed by atoms with Crippen molar-refractivity contribution >= 4 is 22.8 Å². The number of hydrogen-bond donors (Lipinski definition) is 1. The van der Waals surface area contributed by atoms with E-state index in [0.717, 1.165) is 47.8 Å². The third-order valence-electron chi connectivity index (χ3n) is 5.35. The van der Waals surface area contributed by atoms with E-state index in [9.17, 15) is 14.7 Å². The van der Waals surface area contributed by atoms with E-state index >= 15 is 0 Å². The molecule has 1 N–H and O–H groups in total. The van der Waals surface area contributed by atoms with Crippen LogP contribution in [0.4, 0.5) is 0 Å². The summed E-state index contributed by atoms with van der Waals surface area (Å²) in [6, 6.07) is 8.13. The summed E-state index contributed by atoms with van der Waals surface area (Å²) < 4.78 is 0. The number of rotatable bonds is 6. The molecule has 2 aromatic rings. The average molecular weight is 352 g/mol. The van der Waals surface area contributed by atoms with E-state index in [1.165, 1.54) is 0 Å². The second-order valence-corrected chi connectivity index (χ2v) is 7.82. The fourth-order valence-corrected chi connectivity index (χ4v) is 3.44. The van der Waals surface area contributed by atoms with Gasteiger partial charge in [-0.05, 0) is 50.8 Å². The molecule has 0 aliphatic heterocycles. The van der Waals surface area contributed by atoms with E-state index in [4.69, 9.17) is 4.98 Å². The number of carboxylic acid groups (broad SMARTS) is 1. The third-order valence-corrected chi connectivity index (χ3v) is 5.35. The Morgan fingerprint density at radius 3 is 2.58 bits per heavy atom. The van der Waals surface area contributed by atoms with E-state index < -0.39 is 11.9 Å². The van der Waals surface area contributed by atoms with Crippen molar-refractivity contribution < 1.29 is 14.7 Å². The summed E-state index contributed by atoms with van der Waals surface area (Å²) >= 11 is 0. The predicted octanol–water partition coefficient (Wildman–Crippen LogP) is 3.75. The molecule has 2 aliphatic rings. The third kappa shape index (κ3) is 3.30. The van der Waals surface area contributed by atoms with Crippen LogP contribution in [0, 0.1) is 12.8 Å². The number of aromatic nitrogens is 1. The predicted molar refractivity (Wildman–Crippen MR) is 99.3 cm³/mol. The number of amides is 1. The van der Waals surface area contributed by atoms with E-state index in [-0.39, 0.29) is 18.5 Å². The highest BCUT2D eigenvalue weighted by Crippen LogP contribution is 2.41. The molecule has 1 heterocycles. The van der Waals surface area contributed by atoms with E-state index in [1.807, 2.05) is 31.2 Å². The topological polar surface area (TPSA) is 70.5 Å². The number of nitrogens with zero attached hydrogens (tertiary/aromatic N) is 2. The first-order valence-corrected chi connectivity index (χ1v) is 9.39. The van der Waals surface area contributed by atoms with Gasteiger partial charge in [0.1, 0.15) is 0 Å². The van der Waals surface area contributed by atoms with Crippen molar-refractivity contribution in [2.75, 3.05) is 6.54 Å². The number of benzene rings is 1. The highest BCUT2D eigenvalue weighted by atomic mass is 16.4. The monoisotopic (exact) mass is 352 g/mol. The second kappa shape index (κ2) is 6.38. The van der Waals surface area contributed by atoms with Gasteiger partial charge in [-0.25, -0.2) is 0 Å². The van der Waals surface area contributed by atoms with Gasteiger partial charge in [0.15, 0.2) is 0 Å². The smallest absolute Gasteiger partial charge is 0.308 e. The Labute approximate surface area is 153 Å². The molecule has 4 rings (SSSR count). The minimum Gasteiger partial charge on any atom is -0.481 e. The number of pyridine rings is 1. The summed E-state index contributed by atoms with van der Waals surface area (Å²) in [5.74, 6) is -1.03. The number of fused-ring (bicyclic) bond motifs is 1. The van der Waals surface area contributed by atoms with Crippen LogP contribution < -0.4 is 0 Å². The molecule has 0 radical (unpaired) electrons. The van der Waals surface area contributed by atoms with E-state index in [1.54, 1.807) is 11.8 Å². The highest BCUT2D eigenvalue weighted by molar-refractivity contribution is 6.06. The number of hydrogen-bond acceptors (Lipinski definition) is 3. The normalized spacial score (nSPS) is 17.9. The number of carbonyl (C=O) groups is 2. The lowest BCUT2D eigenvalue weighted by atomic mass is 10.0. The van der Waals surface area contributed by atoms with Crippen molar-refractivity contribution in [2.45, 2.75) is 51.5 Å². The van der Waals surface area contributed by atoms with Crippen LogP contribution in [0.15, 0.2) is 24.3 Å². The fourth-order valence-electron chi connectivity index (χ4n) is 3.44. The van der Waals surface area contributed by atoms with Crippen LogP contribution in [0.5, 0.6) is 0 Å². The van der Waals surface area contributed by atoms with Gasteiger partial charge >= 0.3 is 5.97 Å². The molecule has 2 aliphatic carbocycles. The van der Waals surface area contributed by atoms with E-state index in [2.05, 4.69) is 0 Å². The van der Waals surface area contributed by atoms with Crippen molar-refractivity contribution in [3.05, 3.63) is 41.1 Å². The van der Waals surface area contributed by atoms with Gasteiger partial charge < -0.3 is 10.0 Å². The van der Waals surface area contributed by atoms with Crippen molar-refractivity contribution in [1.82, 2.24) is 9.88 Å². The zero-order chi connectivity index (χ0) is 18.4. The van der Waals surface area contributed by atoms with Crippen molar-refractivity contribution in [3.63, 3.8) is 0 Å². The molecule has 0 bridgehead atoms. The average Bonchev–Trinajstić information content (AvgIpc) is 3.49. The van der Waals surface area contributed by atoms with Gasteiger partial charge in [-0.3, -0.25) is 14.6 Å². The van der Waals surface area contributed by atoms with Crippen molar-refractivity contribution in [3.8, 4) is 0 Å². The van der Waals surface area contributed by atoms with Gasteiger partial charge in [0.05, 0.1) is 17.0 Å². The number of carbonyl (C=O) groups excluding carboxylic acids is 1. The Balaban J connectivity index is 1.76. The van der Waals surface area contributed by atoms with E-state index in [0.29, 0.717) is 11.5 Å². The molecule has 1 atom stereocenters. The maximum atomic E-state index is 13.4. The summed E-state index contributed by atoms with van der Waals surface area (Å²) in [5.41, 5.74) is 3.60. The molecule has 0 spiro atoms. The maximum absolute atomic E-state index is 13.4. The zero-order valence-electron chi connectivity index (χ0n) is 15.2. The summed E-state index contributed by atoms with van der Waals surface area (Å²) in [5, 5.41) is 10.1.